The molecule has 3 aromatic rings. The summed E-state index contributed by atoms with van der Waals surface area (Å²) in [6.07, 6.45) is 4.88. The molecule has 0 radical (unpaired) electrons. The summed E-state index contributed by atoms with van der Waals surface area (Å²) < 4.78 is 1.60. The SMILES string of the molecule is Cn1c(C2CCCN2c2nccnc2C#N)nc2ccccc2c1=O. The molecular weight excluding hydrogens is 316 g/mol. The third-order valence-electron chi connectivity index (χ3n) is 4.63. The van der Waals surface area contributed by atoms with Gasteiger partial charge in [0.05, 0.1) is 16.9 Å². The van der Waals surface area contributed by atoms with Crippen molar-refractivity contribution in [1.29, 1.82) is 5.26 Å². The molecule has 2 aromatic heterocycles. The van der Waals surface area contributed by atoms with Crippen LogP contribution < -0.4 is 10.5 Å². The summed E-state index contributed by atoms with van der Waals surface area (Å²) in [5.74, 6) is 1.24. The number of para-hydroxylation sites is 1. The summed E-state index contributed by atoms with van der Waals surface area (Å²) in [6, 6.07) is 9.34. The fourth-order valence-electron chi connectivity index (χ4n) is 3.44. The number of rotatable bonds is 2. The van der Waals surface area contributed by atoms with Crippen molar-refractivity contribution in [3.05, 3.63) is 58.5 Å². The van der Waals surface area contributed by atoms with Gasteiger partial charge >= 0.3 is 0 Å². The largest absolute Gasteiger partial charge is 0.344 e. The Hall–Kier alpha value is -3.27. The molecule has 25 heavy (non-hydrogen) atoms. The Morgan fingerprint density at radius 2 is 2.04 bits per heavy atom. The molecule has 0 bridgehead atoms. The van der Waals surface area contributed by atoms with Gasteiger partial charge in [0, 0.05) is 26.0 Å². The van der Waals surface area contributed by atoms with Crippen molar-refractivity contribution in [3.63, 3.8) is 0 Å². The highest BCUT2D eigenvalue weighted by Gasteiger charge is 2.32. The predicted octanol–water partition coefficient (Wildman–Crippen LogP) is 1.94. The second-order valence-electron chi connectivity index (χ2n) is 6.04. The predicted molar refractivity (Wildman–Crippen MR) is 93.1 cm³/mol. The van der Waals surface area contributed by atoms with E-state index in [9.17, 15) is 10.1 Å². The van der Waals surface area contributed by atoms with E-state index in [1.807, 2.05) is 23.1 Å². The molecule has 0 aliphatic carbocycles. The lowest BCUT2D eigenvalue weighted by molar-refractivity contribution is 0.606. The lowest BCUT2D eigenvalue weighted by Gasteiger charge is -2.26. The van der Waals surface area contributed by atoms with E-state index in [-0.39, 0.29) is 11.6 Å². The molecule has 7 nitrogen and oxygen atoms in total. The van der Waals surface area contributed by atoms with Crippen LogP contribution in [0.25, 0.3) is 10.9 Å². The van der Waals surface area contributed by atoms with Gasteiger partial charge in [-0.15, -0.1) is 0 Å². The fraction of sp³-hybridized carbons (Fsp3) is 0.278. The highest BCUT2D eigenvalue weighted by molar-refractivity contribution is 5.77. The van der Waals surface area contributed by atoms with Crippen LogP contribution in [0.3, 0.4) is 0 Å². The van der Waals surface area contributed by atoms with Gasteiger partial charge in [0.25, 0.3) is 5.56 Å². The summed E-state index contributed by atoms with van der Waals surface area (Å²) in [4.78, 5) is 27.9. The van der Waals surface area contributed by atoms with Crippen LogP contribution >= 0.6 is 0 Å². The van der Waals surface area contributed by atoms with Crippen LogP contribution in [0.2, 0.25) is 0 Å². The van der Waals surface area contributed by atoms with Crippen LogP contribution in [-0.4, -0.2) is 26.1 Å². The third kappa shape index (κ3) is 2.43. The van der Waals surface area contributed by atoms with Gasteiger partial charge in [-0.05, 0) is 25.0 Å². The molecule has 1 aliphatic heterocycles. The van der Waals surface area contributed by atoms with E-state index in [4.69, 9.17) is 4.98 Å². The lowest BCUT2D eigenvalue weighted by atomic mass is 10.1. The van der Waals surface area contributed by atoms with E-state index in [0.717, 1.165) is 19.4 Å². The van der Waals surface area contributed by atoms with Crippen LogP contribution in [0, 0.1) is 11.3 Å². The zero-order chi connectivity index (χ0) is 17.4. The van der Waals surface area contributed by atoms with Gasteiger partial charge in [0.1, 0.15) is 11.9 Å². The Labute approximate surface area is 144 Å². The fourth-order valence-corrected chi connectivity index (χ4v) is 3.44. The zero-order valence-corrected chi connectivity index (χ0v) is 13.8. The Morgan fingerprint density at radius 3 is 2.88 bits per heavy atom. The number of benzene rings is 1. The molecule has 0 amide bonds. The highest BCUT2D eigenvalue weighted by Crippen LogP contribution is 2.35. The van der Waals surface area contributed by atoms with Crippen LogP contribution in [0.4, 0.5) is 5.82 Å². The second-order valence-corrected chi connectivity index (χ2v) is 6.04. The maximum atomic E-state index is 12.7. The van der Waals surface area contributed by atoms with E-state index >= 15 is 0 Å². The number of nitriles is 1. The molecule has 124 valence electrons. The maximum absolute atomic E-state index is 12.7. The molecule has 0 spiro atoms. The number of hydrogen-bond acceptors (Lipinski definition) is 6. The second kappa shape index (κ2) is 5.98. The standard InChI is InChI=1S/C18H16N6O/c1-23-17(22-13-6-3-2-5-12(13)18(23)25)15-7-4-10-24(15)16-14(11-19)20-8-9-21-16/h2-3,5-6,8-9,15H,4,7,10H2,1H3. The minimum Gasteiger partial charge on any atom is -0.344 e. The van der Waals surface area contributed by atoms with Crippen LogP contribution in [0.15, 0.2) is 41.5 Å². The number of fused-ring (bicyclic) bond motifs is 1. The number of anilines is 1. The lowest BCUT2D eigenvalue weighted by Crippen LogP contribution is -2.31. The molecule has 0 saturated carbocycles. The maximum Gasteiger partial charge on any atom is 0.261 e. The quantitative estimate of drug-likeness (QED) is 0.712. The molecule has 3 heterocycles. The van der Waals surface area contributed by atoms with E-state index in [2.05, 4.69) is 16.0 Å². The van der Waals surface area contributed by atoms with Crippen molar-refractivity contribution in [3.8, 4) is 6.07 Å². The monoisotopic (exact) mass is 332 g/mol. The Bertz CT molecular complexity index is 1050. The average Bonchev–Trinajstić information content (AvgIpc) is 3.14. The highest BCUT2D eigenvalue weighted by atomic mass is 16.1. The van der Waals surface area contributed by atoms with Crippen LogP contribution in [-0.2, 0) is 7.05 Å². The molecule has 1 fully saturated rings. The van der Waals surface area contributed by atoms with Crippen LogP contribution in [0.5, 0.6) is 0 Å². The third-order valence-corrected chi connectivity index (χ3v) is 4.63. The van der Waals surface area contributed by atoms with Gasteiger partial charge in [-0.3, -0.25) is 9.36 Å². The summed E-state index contributed by atoms with van der Waals surface area (Å²) in [5, 5.41) is 9.93. The van der Waals surface area contributed by atoms with Crippen molar-refractivity contribution in [1.82, 2.24) is 19.5 Å². The molecule has 1 aliphatic rings. The molecule has 7 heteroatoms. The molecule has 1 aromatic carbocycles. The first-order chi connectivity index (χ1) is 12.2. The van der Waals surface area contributed by atoms with Crippen molar-refractivity contribution >= 4 is 16.7 Å². The molecule has 4 rings (SSSR count). The summed E-state index contributed by atoms with van der Waals surface area (Å²) in [5.41, 5.74) is 0.916. The van der Waals surface area contributed by atoms with E-state index in [0.29, 0.717) is 28.2 Å². The van der Waals surface area contributed by atoms with Gasteiger partial charge in [-0.25, -0.2) is 15.0 Å². The normalized spacial score (nSPS) is 17.0. The van der Waals surface area contributed by atoms with Gasteiger partial charge < -0.3 is 4.90 Å². The first kappa shape index (κ1) is 15.3. The summed E-state index contributed by atoms with van der Waals surface area (Å²) in [7, 11) is 1.75. The minimum absolute atomic E-state index is 0.0629. The van der Waals surface area contributed by atoms with Gasteiger partial charge in [-0.1, -0.05) is 12.1 Å². The first-order valence-electron chi connectivity index (χ1n) is 8.14. The van der Waals surface area contributed by atoms with Crippen molar-refractivity contribution in [2.45, 2.75) is 18.9 Å². The Morgan fingerprint density at radius 1 is 1.24 bits per heavy atom. The summed E-state index contributed by atoms with van der Waals surface area (Å²) >= 11 is 0. The van der Waals surface area contributed by atoms with Crippen molar-refractivity contribution in [2.75, 3.05) is 11.4 Å². The topological polar surface area (TPSA) is 87.7 Å². The van der Waals surface area contributed by atoms with Gasteiger partial charge in [0.15, 0.2) is 11.5 Å². The van der Waals surface area contributed by atoms with E-state index in [1.165, 1.54) is 6.20 Å². The number of nitrogens with zero attached hydrogens (tertiary/aromatic N) is 6. The molecule has 1 saturated heterocycles. The smallest absolute Gasteiger partial charge is 0.261 e. The summed E-state index contributed by atoms with van der Waals surface area (Å²) in [6.45, 7) is 0.751. The van der Waals surface area contributed by atoms with E-state index < -0.39 is 0 Å². The van der Waals surface area contributed by atoms with Gasteiger partial charge in [-0.2, -0.15) is 5.26 Å². The number of aromatic nitrogens is 4. The molecule has 0 N–H and O–H groups in total. The van der Waals surface area contributed by atoms with Crippen molar-refractivity contribution < 1.29 is 0 Å². The molecular formula is C18H16N6O. The Kier molecular flexibility index (Phi) is 3.65. The molecule has 1 atom stereocenters. The number of hydrogen-bond donors (Lipinski definition) is 0. The molecule has 1 unspecified atom stereocenters. The minimum atomic E-state index is -0.105. The Balaban J connectivity index is 1.87. The van der Waals surface area contributed by atoms with Crippen molar-refractivity contribution in [2.24, 2.45) is 7.05 Å². The van der Waals surface area contributed by atoms with E-state index in [1.54, 1.807) is 23.9 Å². The first-order valence-corrected chi connectivity index (χ1v) is 8.14. The van der Waals surface area contributed by atoms with Crippen LogP contribution in [0.1, 0.15) is 30.4 Å². The van der Waals surface area contributed by atoms with Gasteiger partial charge in [0.2, 0.25) is 0 Å². The zero-order valence-electron chi connectivity index (χ0n) is 13.8. The average molecular weight is 332 g/mol.